The van der Waals surface area contributed by atoms with E-state index in [9.17, 15) is 9.90 Å². The Kier molecular flexibility index (Phi) is 7.92. The molecule has 0 amide bonds. The number of carbonyl (C=O) groups excluding carboxylic acids is 1. The lowest BCUT2D eigenvalue weighted by molar-refractivity contribution is 0.0113. The van der Waals surface area contributed by atoms with Gasteiger partial charge in [0, 0.05) is 18.6 Å². The van der Waals surface area contributed by atoms with E-state index in [2.05, 4.69) is 6.92 Å². The van der Waals surface area contributed by atoms with E-state index in [0.29, 0.717) is 24.3 Å². The Morgan fingerprint density at radius 2 is 1.90 bits per heavy atom. The van der Waals surface area contributed by atoms with E-state index in [0.717, 1.165) is 12.8 Å². The highest BCUT2D eigenvalue weighted by Crippen LogP contribution is 2.13. The summed E-state index contributed by atoms with van der Waals surface area (Å²) in [5.41, 5.74) is 0.684. The minimum atomic E-state index is -0.635. The van der Waals surface area contributed by atoms with Gasteiger partial charge in [-0.25, -0.2) is 0 Å². The normalized spacial score (nSPS) is 12.2. The molecule has 0 spiro atoms. The topological polar surface area (TPSA) is 55.8 Å². The second kappa shape index (κ2) is 9.50. The van der Waals surface area contributed by atoms with Crippen molar-refractivity contribution < 1.29 is 19.4 Å². The van der Waals surface area contributed by atoms with E-state index < -0.39 is 6.10 Å². The third-order valence-corrected chi connectivity index (χ3v) is 2.89. The lowest BCUT2D eigenvalue weighted by atomic mass is 10.1. The second-order valence-electron chi connectivity index (χ2n) is 4.69. The number of rotatable bonds is 10. The van der Waals surface area contributed by atoms with E-state index in [4.69, 9.17) is 9.47 Å². The van der Waals surface area contributed by atoms with Crippen molar-refractivity contribution in [2.75, 3.05) is 19.8 Å². The predicted molar refractivity (Wildman–Crippen MR) is 78.3 cm³/mol. The van der Waals surface area contributed by atoms with Gasteiger partial charge in [-0.3, -0.25) is 4.79 Å². The van der Waals surface area contributed by atoms with Crippen LogP contribution in [0.5, 0.6) is 5.75 Å². The number of aliphatic hydroxyl groups excluding tert-OH is 1. The first-order chi connectivity index (χ1) is 9.67. The summed E-state index contributed by atoms with van der Waals surface area (Å²) in [5.74, 6) is 0.756. The number of carbonyl (C=O) groups is 1. The number of Topliss-reactive ketones (excluding diaryl/α,β-unsaturated/α-hetero) is 1. The number of ketones is 1. The van der Waals surface area contributed by atoms with Gasteiger partial charge in [0.1, 0.15) is 18.5 Å². The summed E-state index contributed by atoms with van der Waals surface area (Å²) in [6, 6.07) is 6.97. The smallest absolute Gasteiger partial charge is 0.162 e. The third kappa shape index (κ3) is 6.17. The fraction of sp³-hybridized carbons (Fsp3) is 0.562. The van der Waals surface area contributed by atoms with Gasteiger partial charge in [0.05, 0.1) is 6.61 Å². The molecule has 0 saturated heterocycles. The molecule has 0 heterocycles. The van der Waals surface area contributed by atoms with Crippen LogP contribution in [0.2, 0.25) is 0 Å². The first kappa shape index (κ1) is 16.7. The highest BCUT2D eigenvalue weighted by molar-refractivity contribution is 5.95. The zero-order valence-corrected chi connectivity index (χ0v) is 12.3. The van der Waals surface area contributed by atoms with Gasteiger partial charge in [-0.05, 0) is 30.7 Å². The molecule has 1 aromatic rings. The SMILES string of the molecule is CCCCOCC(O)COc1ccc(C(=O)CC)cc1. The third-order valence-electron chi connectivity index (χ3n) is 2.89. The van der Waals surface area contributed by atoms with Crippen LogP contribution in [-0.4, -0.2) is 36.8 Å². The first-order valence-electron chi connectivity index (χ1n) is 7.19. The highest BCUT2D eigenvalue weighted by atomic mass is 16.5. The predicted octanol–water partition coefficient (Wildman–Crippen LogP) is 2.84. The van der Waals surface area contributed by atoms with Gasteiger partial charge in [-0.15, -0.1) is 0 Å². The van der Waals surface area contributed by atoms with Crippen molar-refractivity contribution in [3.05, 3.63) is 29.8 Å². The van der Waals surface area contributed by atoms with E-state index in [-0.39, 0.29) is 19.0 Å². The number of ether oxygens (including phenoxy) is 2. The maximum absolute atomic E-state index is 11.5. The zero-order chi connectivity index (χ0) is 14.8. The van der Waals surface area contributed by atoms with Gasteiger partial charge >= 0.3 is 0 Å². The van der Waals surface area contributed by atoms with E-state index in [1.807, 2.05) is 6.92 Å². The van der Waals surface area contributed by atoms with Crippen LogP contribution in [0, 0.1) is 0 Å². The first-order valence-corrected chi connectivity index (χ1v) is 7.19. The molecule has 0 aliphatic heterocycles. The molecule has 1 rings (SSSR count). The van der Waals surface area contributed by atoms with Crippen molar-refractivity contribution in [1.29, 1.82) is 0 Å². The number of hydrogen-bond donors (Lipinski definition) is 1. The second-order valence-corrected chi connectivity index (χ2v) is 4.69. The standard InChI is InChI=1S/C16H24O4/c1-3-5-10-19-11-14(17)12-20-15-8-6-13(7-9-15)16(18)4-2/h6-9,14,17H,3-5,10-12H2,1-2H3. The monoisotopic (exact) mass is 280 g/mol. The van der Waals surface area contributed by atoms with Crippen LogP contribution in [0.15, 0.2) is 24.3 Å². The molecule has 0 aliphatic rings. The summed E-state index contributed by atoms with van der Waals surface area (Å²) in [7, 11) is 0. The molecule has 1 unspecified atom stereocenters. The molecule has 0 radical (unpaired) electrons. The molecular formula is C16H24O4. The van der Waals surface area contributed by atoms with Gasteiger partial charge in [-0.2, -0.15) is 0 Å². The Bertz CT molecular complexity index is 386. The Balaban J connectivity index is 2.29. The molecule has 0 aromatic heterocycles. The van der Waals surface area contributed by atoms with Gasteiger partial charge in [0.2, 0.25) is 0 Å². The van der Waals surface area contributed by atoms with Crippen molar-refractivity contribution >= 4 is 5.78 Å². The lowest BCUT2D eigenvalue weighted by Gasteiger charge is -2.13. The summed E-state index contributed by atoms with van der Waals surface area (Å²) >= 11 is 0. The summed E-state index contributed by atoms with van der Waals surface area (Å²) in [6.45, 7) is 5.07. The van der Waals surface area contributed by atoms with Crippen molar-refractivity contribution in [3.8, 4) is 5.75 Å². The van der Waals surface area contributed by atoms with Crippen LogP contribution < -0.4 is 4.74 Å². The number of aliphatic hydroxyl groups is 1. The summed E-state index contributed by atoms with van der Waals surface area (Å²) in [6.07, 6.45) is 1.94. The Morgan fingerprint density at radius 1 is 1.20 bits per heavy atom. The molecule has 0 fully saturated rings. The molecule has 1 aromatic carbocycles. The van der Waals surface area contributed by atoms with E-state index >= 15 is 0 Å². The van der Waals surface area contributed by atoms with Gasteiger partial charge in [0.15, 0.2) is 5.78 Å². The average Bonchev–Trinajstić information content (AvgIpc) is 2.49. The Morgan fingerprint density at radius 3 is 2.50 bits per heavy atom. The summed E-state index contributed by atoms with van der Waals surface area (Å²) in [5, 5.41) is 9.69. The van der Waals surface area contributed by atoms with Gasteiger partial charge in [0.25, 0.3) is 0 Å². The van der Waals surface area contributed by atoms with E-state index in [1.165, 1.54) is 0 Å². The molecule has 1 N–H and O–H groups in total. The van der Waals surface area contributed by atoms with Crippen molar-refractivity contribution in [1.82, 2.24) is 0 Å². The highest BCUT2D eigenvalue weighted by Gasteiger charge is 2.06. The average molecular weight is 280 g/mol. The van der Waals surface area contributed by atoms with Crippen LogP contribution in [0.25, 0.3) is 0 Å². The fourth-order valence-electron chi connectivity index (χ4n) is 1.65. The molecule has 1 atom stereocenters. The molecule has 20 heavy (non-hydrogen) atoms. The number of unbranched alkanes of at least 4 members (excludes halogenated alkanes) is 1. The Hall–Kier alpha value is -1.39. The lowest BCUT2D eigenvalue weighted by Crippen LogP contribution is -2.23. The number of benzene rings is 1. The zero-order valence-electron chi connectivity index (χ0n) is 12.3. The Labute approximate surface area is 120 Å². The quantitative estimate of drug-likeness (QED) is 0.529. The molecule has 112 valence electrons. The molecular weight excluding hydrogens is 256 g/mol. The molecule has 0 saturated carbocycles. The summed E-state index contributed by atoms with van der Waals surface area (Å²) < 4.78 is 10.8. The largest absolute Gasteiger partial charge is 0.491 e. The number of hydrogen-bond acceptors (Lipinski definition) is 4. The van der Waals surface area contributed by atoms with Crippen LogP contribution in [0.1, 0.15) is 43.5 Å². The van der Waals surface area contributed by atoms with Gasteiger partial charge in [-0.1, -0.05) is 20.3 Å². The summed E-state index contributed by atoms with van der Waals surface area (Å²) in [4.78, 5) is 11.5. The van der Waals surface area contributed by atoms with Crippen LogP contribution in [-0.2, 0) is 4.74 Å². The van der Waals surface area contributed by atoms with Crippen molar-refractivity contribution in [2.24, 2.45) is 0 Å². The minimum Gasteiger partial charge on any atom is -0.491 e. The molecule has 4 nitrogen and oxygen atoms in total. The van der Waals surface area contributed by atoms with Crippen molar-refractivity contribution in [3.63, 3.8) is 0 Å². The maximum Gasteiger partial charge on any atom is 0.162 e. The van der Waals surface area contributed by atoms with Crippen molar-refractivity contribution in [2.45, 2.75) is 39.2 Å². The molecule has 4 heteroatoms. The van der Waals surface area contributed by atoms with Gasteiger partial charge < -0.3 is 14.6 Å². The van der Waals surface area contributed by atoms with Crippen LogP contribution in [0.3, 0.4) is 0 Å². The fourth-order valence-corrected chi connectivity index (χ4v) is 1.65. The van der Waals surface area contributed by atoms with Crippen LogP contribution >= 0.6 is 0 Å². The molecule has 0 aliphatic carbocycles. The van der Waals surface area contributed by atoms with E-state index in [1.54, 1.807) is 24.3 Å². The van der Waals surface area contributed by atoms with Crippen LogP contribution in [0.4, 0.5) is 0 Å². The maximum atomic E-state index is 11.5. The molecule has 0 bridgehead atoms. The minimum absolute atomic E-state index is 0.112.